The second kappa shape index (κ2) is 7.61. The van der Waals surface area contributed by atoms with Gasteiger partial charge in [0.2, 0.25) is 10.0 Å². The molecule has 0 radical (unpaired) electrons. The number of halogens is 1. The van der Waals surface area contributed by atoms with Crippen LogP contribution in [-0.2, 0) is 16.4 Å². The Kier molecular flexibility index (Phi) is 5.60. The molecule has 3 rings (SSSR count). The molecule has 0 saturated carbocycles. The number of amides is 1. The second-order valence-corrected chi connectivity index (χ2v) is 9.53. The molecule has 6 nitrogen and oxygen atoms in total. The lowest BCUT2D eigenvalue weighted by atomic mass is 10.1. The molecule has 2 aromatic rings. The summed E-state index contributed by atoms with van der Waals surface area (Å²) in [6.45, 7) is 4.01. The van der Waals surface area contributed by atoms with Gasteiger partial charge in [-0.15, -0.1) is 0 Å². The van der Waals surface area contributed by atoms with Crippen molar-refractivity contribution in [2.75, 3.05) is 37.4 Å². The quantitative estimate of drug-likeness (QED) is 0.756. The van der Waals surface area contributed by atoms with E-state index in [1.54, 1.807) is 12.1 Å². The zero-order valence-corrected chi connectivity index (χ0v) is 17.9. The van der Waals surface area contributed by atoms with Crippen LogP contribution in [0.3, 0.4) is 0 Å². The van der Waals surface area contributed by atoms with E-state index in [4.69, 9.17) is 0 Å². The molecule has 8 heteroatoms. The van der Waals surface area contributed by atoms with Gasteiger partial charge >= 0.3 is 0 Å². The third-order valence-corrected chi connectivity index (χ3v) is 7.48. The number of nitrogens with zero attached hydrogens (tertiary/aromatic N) is 2. The number of carbonyl (C=O) groups excluding carboxylic acids is 1. The van der Waals surface area contributed by atoms with Crippen LogP contribution in [0.25, 0.3) is 0 Å². The molecular weight excluding hydrogens is 430 g/mol. The summed E-state index contributed by atoms with van der Waals surface area (Å²) in [6, 6.07) is 10.4. The van der Waals surface area contributed by atoms with Crippen LogP contribution >= 0.6 is 15.9 Å². The number of benzene rings is 2. The number of sulfonamides is 1. The molecule has 0 unspecified atom stereocenters. The average molecular weight is 452 g/mol. The van der Waals surface area contributed by atoms with Gasteiger partial charge < -0.3 is 10.2 Å². The van der Waals surface area contributed by atoms with Crippen molar-refractivity contribution in [3.8, 4) is 0 Å². The van der Waals surface area contributed by atoms with E-state index >= 15 is 0 Å². The maximum atomic E-state index is 12.7. The van der Waals surface area contributed by atoms with E-state index in [1.807, 2.05) is 18.2 Å². The van der Waals surface area contributed by atoms with Crippen molar-refractivity contribution in [1.29, 1.82) is 0 Å². The van der Waals surface area contributed by atoms with E-state index in [1.165, 1.54) is 25.7 Å². The van der Waals surface area contributed by atoms with Gasteiger partial charge in [-0.2, -0.15) is 0 Å². The molecule has 0 bridgehead atoms. The predicted octanol–water partition coefficient (Wildman–Crippen LogP) is 3.33. The largest absolute Gasteiger partial charge is 0.371 e. The molecule has 1 aliphatic heterocycles. The number of fused-ring (bicyclic) bond motifs is 1. The highest BCUT2D eigenvalue weighted by atomic mass is 79.9. The van der Waals surface area contributed by atoms with Crippen molar-refractivity contribution in [3.05, 3.63) is 52.0 Å². The molecule has 144 valence electrons. The van der Waals surface area contributed by atoms with Crippen LogP contribution in [0.1, 0.15) is 22.8 Å². The third-order valence-electron chi connectivity index (χ3n) is 4.67. The highest BCUT2D eigenvalue weighted by Crippen LogP contribution is 2.31. The van der Waals surface area contributed by atoms with Crippen LogP contribution in [0.2, 0.25) is 0 Å². The lowest BCUT2D eigenvalue weighted by Crippen LogP contribution is -2.23. The third kappa shape index (κ3) is 3.88. The minimum absolute atomic E-state index is 0.0614. The van der Waals surface area contributed by atoms with Crippen LogP contribution in [0.15, 0.2) is 45.8 Å². The number of carbonyl (C=O) groups is 1. The number of nitrogens with one attached hydrogen (secondary N) is 1. The van der Waals surface area contributed by atoms with Crippen LogP contribution < -0.4 is 10.2 Å². The first-order chi connectivity index (χ1) is 12.7. The average Bonchev–Trinajstić information content (AvgIpc) is 3.04. The first-order valence-electron chi connectivity index (χ1n) is 8.65. The summed E-state index contributed by atoms with van der Waals surface area (Å²) in [5.74, 6) is -0.348. The summed E-state index contributed by atoms with van der Waals surface area (Å²) >= 11 is 3.26. The number of hydrogen-bond donors (Lipinski definition) is 1. The number of likely N-dealkylation sites (N-methyl/N-ethyl adjacent to an activating group) is 1. The van der Waals surface area contributed by atoms with Crippen LogP contribution in [0, 0.1) is 0 Å². The maximum Gasteiger partial charge on any atom is 0.255 e. The minimum atomic E-state index is -3.66. The van der Waals surface area contributed by atoms with Crippen molar-refractivity contribution in [3.63, 3.8) is 0 Å². The first kappa shape index (κ1) is 19.9. The Hall–Kier alpha value is -1.90. The molecule has 0 saturated heterocycles. The second-order valence-electron chi connectivity index (χ2n) is 6.56. The lowest BCUT2D eigenvalue weighted by Gasteiger charge is -2.17. The molecule has 0 spiro atoms. The van der Waals surface area contributed by atoms with E-state index in [0.29, 0.717) is 10.2 Å². The van der Waals surface area contributed by atoms with Crippen molar-refractivity contribution < 1.29 is 13.2 Å². The zero-order valence-electron chi connectivity index (χ0n) is 15.5. The molecule has 27 heavy (non-hydrogen) atoms. The Morgan fingerprint density at radius 3 is 2.63 bits per heavy atom. The van der Waals surface area contributed by atoms with Crippen LogP contribution in [-0.4, -0.2) is 45.8 Å². The van der Waals surface area contributed by atoms with Gasteiger partial charge in [0.1, 0.15) is 0 Å². The van der Waals surface area contributed by atoms with E-state index in [9.17, 15) is 13.2 Å². The molecule has 1 aliphatic rings. The van der Waals surface area contributed by atoms with Gasteiger partial charge in [0.25, 0.3) is 5.91 Å². The standard InChI is InChI=1S/C19H22BrN3O3S/c1-4-23-10-9-13-5-7-15(12-17(13)23)21-19(24)14-6-8-16(20)18(11-14)27(25,26)22(2)3/h5-8,11-12H,4,9-10H2,1-3H3,(H,21,24). The van der Waals surface area contributed by atoms with E-state index in [2.05, 4.69) is 33.1 Å². The monoisotopic (exact) mass is 451 g/mol. The van der Waals surface area contributed by atoms with Crippen molar-refractivity contribution >= 4 is 43.2 Å². The van der Waals surface area contributed by atoms with Gasteiger partial charge in [0.05, 0.1) is 4.90 Å². The summed E-state index contributed by atoms with van der Waals surface area (Å²) < 4.78 is 26.4. The summed E-state index contributed by atoms with van der Waals surface area (Å²) in [4.78, 5) is 15.0. The van der Waals surface area contributed by atoms with Gasteiger partial charge in [-0.05, 0) is 65.2 Å². The fraction of sp³-hybridized carbons (Fsp3) is 0.316. The summed E-state index contributed by atoms with van der Waals surface area (Å²) in [6.07, 6.45) is 1.01. The van der Waals surface area contributed by atoms with Crippen molar-refractivity contribution in [1.82, 2.24) is 4.31 Å². The fourth-order valence-electron chi connectivity index (χ4n) is 3.09. The lowest BCUT2D eigenvalue weighted by molar-refractivity contribution is 0.102. The first-order valence-corrected chi connectivity index (χ1v) is 10.9. The number of hydrogen-bond acceptors (Lipinski definition) is 4. The Labute approximate surface area is 168 Å². The minimum Gasteiger partial charge on any atom is -0.371 e. The highest BCUT2D eigenvalue weighted by molar-refractivity contribution is 9.10. The molecule has 2 aromatic carbocycles. The van der Waals surface area contributed by atoms with Gasteiger partial charge in [0, 0.05) is 48.6 Å². The molecule has 0 aliphatic carbocycles. The molecule has 1 heterocycles. The molecule has 0 fully saturated rings. The normalized spacial score (nSPS) is 13.7. The maximum absolute atomic E-state index is 12.7. The Balaban J connectivity index is 1.88. The highest BCUT2D eigenvalue weighted by Gasteiger charge is 2.23. The fourth-order valence-corrected chi connectivity index (χ4v) is 4.94. The van der Waals surface area contributed by atoms with Crippen molar-refractivity contribution in [2.24, 2.45) is 0 Å². The van der Waals surface area contributed by atoms with Crippen LogP contribution in [0.5, 0.6) is 0 Å². The Morgan fingerprint density at radius 2 is 1.96 bits per heavy atom. The SMILES string of the molecule is CCN1CCc2ccc(NC(=O)c3ccc(Br)c(S(=O)(=O)N(C)C)c3)cc21. The van der Waals surface area contributed by atoms with E-state index < -0.39 is 10.0 Å². The predicted molar refractivity (Wildman–Crippen MR) is 111 cm³/mol. The summed E-state index contributed by atoms with van der Waals surface area (Å²) in [7, 11) is -0.742. The summed E-state index contributed by atoms with van der Waals surface area (Å²) in [5, 5.41) is 2.87. The summed E-state index contributed by atoms with van der Waals surface area (Å²) in [5.41, 5.74) is 3.39. The van der Waals surface area contributed by atoms with Gasteiger partial charge in [-0.3, -0.25) is 4.79 Å². The van der Waals surface area contributed by atoms with E-state index in [0.717, 1.165) is 29.5 Å². The number of anilines is 2. The molecule has 0 atom stereocenters. The van der Waals surface area contributed by atoms with Gasteiger partial charge in [0.15, 0.2) is 0 Å². The Morgan fingerprint density at radius 1 is 1.22 bits per heavy atom. The molecular formula is C19H22BrN3O3S. The van der Waals surface area contributed by atoms with Gasteiger partial charge in [-0.1, -0.05) is 6.07 Å². The zero-order chi connectivity index (χ0) is 19.8. The van der Waals surface area contributed by atoms with Crippen molar-refractivity contribution in [2.45, 2.75) is 18.2 Å². The topological polar surface area (TPSA) is 69.7 Å². The number of rotatable bonds is 5. The smallest absolute Gasteiger partial charge is 0.255 e. The Bertz CT molecular complexity index is 990. The van der Waals surface area contributed by atoms with E-state index in [-0.39, 0.29) is 16.4 Å². The molecule has 1 amide bonds. The van der Waals surface area contributed by atoms with Crippen LogP contribution in [0.4, 0.5) is 11.4 Å². The molecule has 0 aromatic heterocycles. The van der Waals surface area contributed by atoms with Gasteiger partial charge in [-0.25, -0.2) is 12.7 Å². The molecule has 1 N–H and O–H groups in total.